The van der Waals surface area contributed by atoms with Gasteiger partial charge in [-0.1, -0.05) is 6.42 Å². The fraction of sp³-hybridized carbons (Fsp3) is 0.385. The predicted molar refractivity (Wildman–Crippen MR) is 74.8 cm³/mol. The van der Waals surface area contributed by atoms with Gasteiger partial charge in [0.2, 0.25) is 0 Å². The number of nitrogens with one attached hydrogen (secondary N) is 1. The summed E-state index contributed by atoms with van der Waals surface area (Å²) in [5.74, 6) is -1.64. The summed E-state index contributed by atoms with van der Waals surface area (Å²) in [6.07, 6.45) is 2.13. The number of carbonyl (C=O) groups is 2. The third-order valence-electron chi connectivity index (χ3n) is 3.38. The minimum absolute atomic E-state index is 0.294. The Labute approximate surface area is 119 Å². The van der Waals surface area contributed by atoms with Crippen LogP contribution < -0.4 is 11.1 Å². The van der Waals surface area contributed by atoms with Gasteiger partial charge < -0.3 is 16.2 Å². The molecule has 102 valence electrons. The Morgan fingerprint density at radius 2 is 2.11 bits per heavy atom. The Morgan fingerprint density at radius 3 is 2.79 bits per heavy atom. The molecule has 0 aliphatic heterocycles. The summed E-state index contributed by atoms with van der Waals surface area (Å²) in [5.41, 5.74) is 6.58. The van der Waals surface area contributed by atoms with Gasteiger partial charge in [-0.05, 0) is 47.0 Å². The average Bonchev–Trinajstić information content (AvgIpc) is 2.80. The van der Waals surface area contributed by atoms with Crippen LogP contribution in [0.5, 0.6) is 0 Å². The number of amides is 1. The van der Waals surface area contributed by atoms with E-state index in [2.05, 4.69) is 21.2 Å². The van der Waals surface area contributed by atoms with E-state index in [-0.39, 0.29) is 11.9 Å². The number of benzene rings is 1. The van der Waals surface area contributed by atoms with Crippen molar-refractivity contribution in [3.63, 3.8) is 0 Å². The van der Waals surface area contributed by atoms with Gasteiger partial charge in [-0.25, -0.2) is 0 Å². The fourth-order valence-corrected chi connectivity index (χ4v) is 2.82. The van der Waals surface area contributed by atoms with Gasteiger partial charge in [0.05, 0.1) is 11.5 Å². The highest BCUT2D eigenvalue weighted by Gasteiger charge is 2.34. The van der Waals surface area contributed by atoms with Crippen molar-refractivity contribution >= 4 is 33.5 Å². The first-order chi connectivity index (χ1) is 8.99. The van der Waals surface area contributed by atoms with E-state index < -0.39 is 11.9 Å². The second kappa shape index (κ2) is 5.61. The molecule has 2 atom stereocenters. The van der Waals surface area contributed by atoms with Crippen LogP contribution in [0.2, 0.25) is 0 Å². The van der Waals surface area contributed by atoms with Gasteiger partial charge in [-0.3, -0.25) is 9.59 Å². The van der Waals surface area contributed by atoms with Gasteiger partial charge in [-0.15, -0.1) is 0 Å². The van der Waals surface area contributed by atoms with Crippen molar-refractivity contribution in [2.45, 2.75) is 25.3 Å². The van der Waals surface area contributed by atoms with Gasteiger partial charge in [0, 0.05) is 16.2 Å². The molecule has 19 heavy (non-hydrogen) atoms. The van der Waals surface area contributed by atoms with Crippen LogP contribution in [0.15, 0.2) is 22.7 Å². The van der Waals surface area contributed by atoms with Crippen molar-refractivity contribution in [1.82, 2.24) is 5.32 Å². The normalized spacial score (nSPS) is 22.2. The second-order valence-electron chi connectivity index (χ2n) is 4.69. The molecule has 1 amide bonds. The summed E-state index contributed by atoms with van der Waals surface area (Å²) in [4.78, 5) is 23.2. The molecule has 5 nitrogen and oxygen atoms in total. The molecule has 0 bridgehead atoms. The first kappa shape index (κ1) is 13.9. The Balaban J connectivity index is 2.12. The molecule has 0 saturated heterocycles. The average molecular weight is 327 g/mol. The van der Waals surface area contributed by atoms with Crippen molar-refractivity contribution in [2.24, 2.45) is 5.92 Å². The SMILES string of the molecule is Nc1ccc(Br)c(C(=O)NC2CCCC2C(=O)O)c1. The van der Waals surface area contributed by atoms with Crippen molar-refractivity contribution in [3.05, 3.63) is 28.2 Å². The molecular weight excluding hydrogens is 312 g/mol. The lowest BCUT2D eigenvalue weighted by Gasteiger charge is -2.18. The van der Waals surface area contributed by atoms with Crippen LogP contribution in [-0.2, 0) is 4.79 Å². The highest BCUT2D eigenvalue weighted by Crippen LogP contribution is 2.27. The van der Waals surface area contributed by atoms with E-state index in [0.29, 0.717) is 28.6 Å². The van der Waals surface area contributed by atoms with Crippen LogP contribution >= 0.6 is 15.9 Å². The number of carboxylic acid groups (broad SMARTS) is 1. The molecule has 2 rings (SSSR count). The summed E-state index contributed by atoms with van der Waals surface area (Å²) >= 11 is 3.29. The third-order valence-corrected chi connectivity index (χ3v) is 4.08. The van der Waals surface area contributed by atoms with Gasteiger partial charge in [0.15, 0.2) is 0 Å². The molecule has 0 heterocycles. The molecule has 6 heteroatoms. The molecule has 0 aromatic heterocycles. The zero-order chi connectivity index (χ0) is 14.0. The Morgan fingerprint density at radius 1 is 1.37 bits per heavy atom. The molecule has 1 aromatic rings. The maximum absolute atomic E-state index is 12.2. The predicted octanol–water partition coefficient (Wildman–Crippen LogP) is 2.01. The summed E-state index contributed by atoms with van der Waals surface area (Å²) in [7, 11) is 0. The zero-order valence-electron chi connectivity index (χ0n) is 10.2. The number of aliphatic carboxylic acids is 1. The monoisotopic (exact) mass is 326 g/mol. The molecule has 0 radical (unpaired) electrons. The van der Waals surface area contributed by atoms with E-state index in [1.807, 2.05) is 0 Å². The molecule has 1 aliphatic rings. The fourth-order valence-electron chi connectivity index (χ4n) is 2.39. The first-order valence-electron chi connectivity index (χ1n) is 6.07. The van der Waals surface area contributed by atoms with Crippen LogP contribution in [0.25, 0.3) is 0 Å². The van der Waals surface area contributed by atoms with Crippen molar-refractivity contribution in [3.8, 4) is 0 Å². The number of carboxylic acids is 1. The number of hydrogen-bond acceptors (Lipinski definition) is 3. The molecule has 0 spiro atoms. The van der Waals surface area contributed by atoms with E-state index in [1.165, 1.54) is 0 Å². The van der Waals surface area contributed by atoms with Gasteiger partial charge in [0.1, 0.15) is 0 Å². The standard InChI is InChI=1S/C13H15BrN2O3/c14-10-5-4-7(15)6-9(10)12(17)16-11-3-1-2-8(11)13(18)19/h4-6,8,11H,1-3,15H2,(H,16,17)(H,18,19). The molecule has 1 aliphatic carbocycles. The number of carbonyl (C=O) groups excluding carboxylic acids is 1. The van der Waals surface area contributed by atoms with Gasteiger partial charge in [0.25, 0.3) is 5.91 Å². The van der Waals surface area contributed by atoms with E-state index in [0.717, 1.165) is 6.42 Å². The lowest BCUT2D eigenvalue weighted by molar-refractivity contribution is -0.142. The Hall–Kier alpha value is -1.56. The molecule has 1 aromatic carbocycles. The number of nitrogens with two attached hydrogens (primary N) is 1. The summed E-state index contributed by atoms with van der Waals surface area (Å²) in [5, 5.41) is 11.9. The Bertz CT molecular complexity index is 519. The highest BCUT2D eigenvalue weighted by atomic mass is 79.9. The minimum atomic E-state index is -0.852. The van der Waals surface area contributed by atoms with Gasteiger partial charge >= 0.3 is 5.97 Å². The number of halogens is 1. The number of anilines is 1. The molecule has 4 N–H and O–H groups in total. The highest BCUT2D eigenvalue weighted by molar-refractivity contribution is 9.10. The number of hydrogen-bond donors (Lipinski definition) is 3. The smallest absolute Gasteiger partial charge is 0.308 e. The van der Waals surface area contributed by atoms with Gasteiger partial charge in [-0.2, -0.15) is 0 Å². The van der Waals surface area contributed by atoms with Crippen LogP contribution in [0.1, 0.15) is 29.6 Å². The lowest BCUT2D eigenvalue weighted by atomic mass is 10.0. The maximum atomic E-state index is 12.2. The summed E-state index contributed by atoms with van der Waals surface area (Å²) < 4.78 is 0.643. The number of nitrogen functional groups attached to an aromatic ring is 1. The van der Waals surface area contributed by atoms with E-state index >= 15 is 0 Å². The molecule has 1 saturated carbocycles. The Kier molecular flexibility index (Phi) is 4.09. The van der Waals surface area contributed by atoms with Crippen molar-refractivity contribution < 1.29 is 14.7 Å². The maximum Gasteiger partial charge on any atom is 0.308 e. The van der Waals surface area contributed by atoms with Crippen molar-refractivity contribution in [2.75, 3.05) is 5.73 Å². The zero-order valence-corrected chi connectivity index (χ0v) is 11.8. The van der Waals surface area contributed by atoms with Crippen LogP contribution in [0.4, 0.5) is 5.69 Å². The number of rotatable bonds is 3. The second-order valence-corrected chi connectivity index (χ2v) is 5.55. The third kappa shape index (κ3) is 3.07. The quantitative estimate of drug-likeness (QED) is 0.741. The molecule has 1 fully saturated rings. The van der Waals surface area contributed by atoms with Crippen LogP contribution in [0.3, 0.4) is 0 Å². The first-order valence-corrected chi connectivity index (χ1v) is 6.87. The lowest BCUT2D eigenvalue weighted by Crippen LogP contribution is -2.40. The largest absolute Gasteiger partial charge is 0.481 e. The summed E-state index contributed by atoms with van der Waals surface area (Å²) in [6.45, 7) is 0. The summed E-state index contributed by atoms with van der Waals surface area (Å²) in [6, 6.07) is 4.66. The van der Waals surface area contributed by atoms with Crippen molar-refractivity contribution in [1.29, 1.82) is 0 Å². The molecule has 2 unspecified atom stereocenters. The topological polar surface area (TPSA) is 92.4 Å². The molecular formula is C13H15BrN2O3. The van der Waals surface area contributed by atoms with E-state index in [4.69, 9.17) is 10.8 Å². The van der Waals surface area contributed by atoms with E-state index in [1.54, 1.807) is 18.2 Å². The minimum Gasteiger partial charge on any atom is -0.481 e. The van der Waals surface area contributed by atoms with Crippen LogP contribution in [0, 0.1) is 5.92 Å². The van der Waals surface area contributed by atoms with E-state index in [9.17, 15) is 9.59 Å². The van der Waals surface area contributed by atoms with Crippen LogP contribution in [-0.4, -0.2) is 23.0 Å².